The Balaban J connectivity index is 1.52. The molecular weight excluding hydrogens is 322 g/mol. The Morgan fingerprint density at radius 3 is 2.62 bits per heavy atom. The van der Waals surface area contributed by atoms with Crippen molar-refractivity contribution in [2.24, 2.45) is 0 Å². The highest BCUT2D eigenvalue weighted by atomic mass is 16.2. The van der Waals surface area contributed by atoms with E-state index in [-0.39, 0.29) is 12.5 Å². The number of benzene rings is 3. The van der Waals surface area contributed by atoms with E-state index in [2.05, 4.69) is 34.7 Å². The van der Waals surface area contributed by atoms with Gasteiger partial charge in [0, 0.05) is 17.4 Å². The van der Waals surface area contributed by atoms with Gasteiger partial charge < -0.3 is 5.32 Å². The highest BCUT2D eigenvalue weighted by Crippen LogP contribution is 2.28. The Hall–Kier alpha value is -3.40. The molecule has 26 heavy (non-hydrogen) atoms. The van der Waals surface area contributed by atoms with Gasteiger partial charge in [-0.1, -0.05) is 60.2 Å². The Labute approximate surface area is 152 Å². The Kier molecular flexibility index (Phi) is 4.23. The standard InChI is InChI=1S/C22H19N3O/c1-16-9-11-19(12-10-16)24-22(26)15-25-14-18(13-23-25)21-8-4-6-17-5-2-3-7-20(17)21/h2-14H,15H2,1H3,(H,24,26). The van der Waals surface area contributed by atoms with Gasteiger partial charge in [-0.3, -0.25) is 9.48 Å². The fourth-order valence-electron chi connectivity index (χ4n) is 3.05. The van der Waals surface area contributed by atoms with Crippen LogP contribution >= 0.6 is 0 Å². The highest BCUT2D eigenvalue weighted by Gasteiger charge is 2.09. The molecule has 4 aromatic rings. The maximum atomic E-state index is 12.3. The average molecular weight is 341 g/mol. The molecule has 0 bridgehead atoms. The van der Waals surface area contributed by atoms with E-state index in [1.165, 1.54) is 10.8 Å². The summed E-state index contributed by atoms with van der Waals surface area (Å²) in [6.07, 6.45) is 3.72. The Morgan fingerprint density at radius 2 is 1.77 bits per heavy atom. The lowest BCUT2D eigenvalue weighted by atomic mass is 10.0. The lowest BCUT2D eigenvalue weighted by molar-refractivity contribution is -0.116. The molecule has 0 saturated heterocycles. The molecule has 1 N–H and O–H groups in total. The van der Waals surface area contributed by atoms with Crippen LogP contribution in [0.5, 0.6) is 0 Å². The third kappa shape index (κ3) is 3.35. The number of carbonyl (C=O) groups excluding carboxylic acids is 1. The minimum Gasteiger partial charge on any atom is -0.324 e. The monoisotopic (exact) mass is 341 g/mol. The first-order valence-corrected chi connectivity index (χ1v) is 8.56. The normalized spacial score (nSPS) is 10.8. The van der Waals surface area contributed by atoms with E-state index in [1.54, 1.807) is 10.9 Å². The second kappa shape index (κ2) is 6.84. The van der Waals surface area contributed by atoms with Crippen molar-refractivity contribution in [2.45, 2.75) is 13.5 Å². The summed E-state index contributed by atoms with van der Waals surface area (Å²) in [7, 11) is 0. The zero-order chi connectivity index (χ0) is 17.9. The van der Waals surface area contributed by atoms with E-state index in [0.29, 0.717) is 0 Å². The van der Waals surface area contributed by atoms with E-state index in [0.717, 1.165) is 22.4 Å². The third-order valence-electron chi connectivity index (χ3n) is 4.37. The van der Waals surface area contributed by atoms with Gasteiger partial charge in [0.25, 0.3) is 0 Å². The van der Waals surface area contributed by atoms with Crippen molar-refractivity contribution in [3.63, 3.8) is 0 Å². The molecule has 1 heterocycles. The summed E-state index contributed by atoms with van der Waals surface area (Å²) in [5.74, 6) is -0.0959. The largest absolute Gasteiger partial charge is 0.324 e. The van der Waals surface area contributed by atoms with E-state index >= 15 is 0 Å². The number of fused-ring (bicyclic) bond motifs is 1. The summed E-state index contributed by atoms with van der Waals surface area (Å²) in [4.78, 5) is 12.3. The van der Waals surface area contributed by atoms with Crippen LogP contribution in [-0.4, -0.2) is 15.7 Å². The van der Waals surface area contributed by atoms with Crippen LogP contribution < -0.4 is 5.32 Å². The zero-order valence-electron chi connectivity index (χ0n) is 14.5. The van der Waals surface area contributed by atoms with Crippen LogP contribution in [0.25, 0.3) is 21.9 Å². The van der Waals surface area contributed by atoms with Gasteiger partial charge in [0.2, 0.25) is 5.91 Å². The number of carbonyl (C=O) groups is 1. The summed E-state index contributed by atoms with van der Waals surface area (Å²) in [6.45, 7) is 2.20. The SMILES string of the molecule is Cc1ccc(NC(=O)Cn2cc(-c3cccc4ccccc34)cn2)cc1. The highest BCUT2D eigenvalue weighted by molar-refractivity contribution is 5.96. The topological polar surface area (TPSA) is 46.9 Å². The predicted octanol–water partition coefficient (Wildman–Crippen LogP) is 4.65. The first kappa shape index (κ1) is 16.1. The molecular formula is C22H19N3O. The van der Waals surface area contributed by atoms with Crippen molar-refractivity contribution in [2.75, 3.05) is 5.32 Å². The molecule has 0 saturated carbocycles. The Morgan fingerprint density at radius 1 is 1.00 bits per heavy atom. The predicted molar refractivity (Wildman–Crippen MR) is 105 cm³/mol. The molecule has 0 radical (unpaired) electrons. The average Bonchev–Trinajstić information content (AvgIpc) is 3.11. The molecule has 4 heteroatoms. The van der Waals surface area contributed by atoms with Gasteiger partial charge in [0.15, 0.2) is 0 Å². The number of hydrogen-bond donors (Lipinski definition) is 1. The first-order valence-electron chi connectivity index (χ1n) is 8.56. The number of rotatable bonds is 4. The van der Waals surface area contributed by atoms with E-state index < -0.39 is 0 Å². The second-order valence-electron chi connectivity index (χ2n) is 6.37. The van der Waals surface area contributed by atoms with E-state index in [4.69, 9.17) is 0 Å². The lowest BCUT2D eigenvalue weighted by Gasteiger charge is -2.06. The van der Waals surface area contributed by atoms with Gasteiger partial charge in [-0.15, -0.1) is 0 Å². The van der Waals surface area contributed by atoms with Crippen molar-refractivity contribution in [3.05, 3.63) is 84.7 Å². The van der Waals surface area contributed by atoms with Crippen molar-refractivity contribution >= 4 is 22.4 Å². The lowest BCUT2D eigenvalue weighted by Crippen LogP contribution is -2.18. The molecule has 0 spiro atoms. The van der Waals surface area contributed by atoms with Crippen LogP contribution in [0.4, 0.5) is 5.69 Å². The van der Waals surface area contributed by atoms with Gasteiger partial charge >= 0.3 is 0 Å². The smallest absolute Gasteiger partial charge is 0.246 e. The number of aryl methyl sites for hydroxylation is 1. The molecule has 0 fully saturated rings. The van der Waals surface area contributed by atoms with Gasteiger partial charge in [0.1, 0.15) is 6.54 Å². The molecule has 0 aliphatic rings. The number of hydrogen-bond acceptors (Lipinski definition) is 2. The van der Waals surface area contributed by atoms with Gasteiger partial charge in [-0.2, -0.15) is 5.10 Å². The summed E-state index contributed by atoms with van der Waals surface area (Å²) >= 11 is 0. The maximum absolute atomic E-state index is 12.3. The van der Waals surface area contributed by atoms with Crippen molar-refractivity contribution in [3.8, 4) is 11.1 Å². The van der Waals surface area contributed by atoms with Crippen LogP contribution in [0.15, 0.2) is 79.1 Å². The molecule has 4 rings (SSSR count). The maximum Gasteiger partial charge on any atom is 0.246 e. The summed E-state index contributed by atoms with van der Waals surface area (Å²) < 4.78 is 1.67. The molecule has 0 atom stereocenters. The molecule has 0 aliphatic carbocycles. The minimum absolute atomic E-state index is 0.0959. The fourth-order valence-corrected chi connectivity index (χ4v) is 3.05. The number of nitrogens with zero attached hydrogens (tertiary/aromatic N) is 2. The summed E-state index contributed by atoms with van der Waals surface area (Å²) in [5.41, 5.74) is 4.08. The number of anilines is 1. The minimum atomic E-state index is -0.0959. The van der Waals surface area contributed by atoms with E-state index in [9.17, 15) is 4.79 Å². The first-order chi connectivity index (χ1) is 12.7. The van der Waals surface area contributed by atoms with Crippen LogP contribution in [0.1, 0.15) is 5.56 Å². The zero-order valence-corrected chi connectivity index (χ0v) is 14.5. The van der Waals surface area contributed by atoms with Gasteiger partial charge in [-0.25, -0.2) is 0 Å². The van der Waals surface area contributed by atoms with Crippen molar-refractivity contribution in [1.82, 2.24) is 9.78 Å². The fraction of sp³-hybridized carbons (Fsp3) is 0.0909. The second-order valence-corrected chi connectivity index (χ2v) is 6.37. The number of nitrogens with one attached hydrogen (secondary N) is 1. The van der Waals surface area contributed by atoms with Crippen molar-refractivity contribution in [1.29, 1.82) is 0 Å². The molecule has 4 nitrogen and oxygen atoms in total. The molecule has 1 aromatic heterocycles. The van der Waals surface area contributed by atoms with Crippen LogP contribution in [0.2, 0.25) is 0 Å². The van der Waals surface area contributed by atoms with Gasteiger partial charge in [0.05, 0.1) is 6.20 Å². The molecule has 0 unspecified atom stereocenters. The molecule has 0 aliphatic heterocycles. The van der Waals surface area contributed by atoms with Crippen LogP contribution in [-0.2, 0) is 11.3 Å². The van der Waals surface area contributed by atoms with Gasteiger partial charge in [-0.05, 0) is 35.4 Å². The molecule has 3 aromatic carbocycles. The summed E-state index contributed by atoms with van der Waals surface area (Å²) in [5, 5.41) is 9.62. The number of amides is 1. The van der Waals surface area contributed by atoms with Crippen LogP contribution in [0, 0.1) is 6.92 Å². The number of aromatic nitrogens is 2. The van der Waals surface area contributed by atoms with E-state index in [1.807, 2.05) is 55.6 Å². The summed E-state index contributed by atoms with van der Waals surface area (Å²) in [6, 6.07) is 22.2. The molecule has 128 valence electrons. The quantitative estimate of drug-likeness (QED) is 0.587. The Bertz CT molecular complexity index is 1060. The van der Waals surface area contributed by atoms with Crippen molar-refractivity contribution < 1.29 is 4.79 Å². The third-order valence-corrected chi connectivity index (χ3v) is 4.37. The molecule has 1 amide bonds. The van der Waals surface area contributed by atoms with Crippen LogP contribution in [0.3, 0.4) is 0 Å².